The van der Waals surface area contributed by atoms with Crippen LogP contribution in [0.15, 0.2) is 60.9 Å². The first-order chi connectivity index (χ1) is 15.5. The molecule has 5 nitrogen and oxygen atoms in total. The Hall–Kier alpha value is -3.34. The first-order valence-electron chi connectivity index (χ1n) is 11.1. The third kappa shape index (κ3) is 6.10. The Bertz CT molecular complexity index is 1030. The largest absolute Gasteiger partial charge is 0.493 e. The van der Waals surface area contributed by atoms with Crippen molar-refractivity contribution < 1.29 is 14.3 Å². The molecule has 1 unspecified atom stereocenters. The van der Waals surface area contributed by atoms with E-state index in [0.717, 1.165) is 36.8 Å². The van der Waals surface area contributed by atoms with Crippen molar-refractivity contribution in [1.82, 2.24) is 10.3 Å². The van der Waals surface area contributed by atoms with Crippen LogP contribution < -0.4 is 14.8 Å². The highest BCUT2D eigenvalue weighted by atomic mass is 16.5. The molecule has 3 aromatic rings. The minimum atomic E-state index is -0.0500. The molecule has 1 atom stereocenters. The Kier molecular flexibility index (Phi) is 8.26. The van der Waals surface area contributed by atoms with E-state index >= 15 is 0 Å². The minimum absolute atomic E-state index is 0.0500. The molecule has 1 amide bonds. The predicted molar refractivity (Wildman–Crippen MR) is 128 cm³/mol. The number of methoxy groups -OCH3 is 2. The van der Waals surface area contributed by atoms with Gasteiger partial charge in [0.25, 0.3) is 5.91 Å². The maximum absolute atomic E-state index is 12.6. The molecule has 0 aliphatic rings. The first kappa shape index (κ1) is 23.3. The van der Waals surface area contributed by atoms with Gasteiger partial charge in [-0.2, -0.15) is 0 Å². The monoisotopic (exact) mass is 432 g/mol. The van der Waals surface area contributed by atoms with Crippen LogP contribution >= 0.6 is 0 Å². The van der Waals surface area contributed by atoms with Crippen molar-refractivity contribution in [3.63, 3.8) is 0 Å². The maximum Gasteiger partial charge on any atom is 0.251 e. The van der Waals surface area contributed by atoms with E-state index in [0.29, 0.717) is 17.1 Å². The lowest BCUT2D eigenvalue weighted by Gasteiger charge is -2.14. The van der Waals surface area contributed by atoms with Crippen LogP contribution in [-0.4, -0.2) is 31.2 Å². The molecule has 0 saturated carbocycles. The van der Waals surface area contributed by atoms with Gasteiger partial charge in [0.15, 0.2) is 11.5 Å². The molecule has 0 bridgehead atoms. The van der Waals surface area contributed by atoms with Gasteiger partial charge in [0, 0.05) is 24.0 Å². The predicted octanol–water partition coefficient (Wildman–Crippen LogP) is 5.47. The molecule has 0 radical (unpaired) electrons. The molecule has 3 rings (SSSR count). The van der Waals surface area contributed by atoms with Gasteiger partial charge in [-0.05, 0) is 79.1 Å². The molecule has 32 heavy (non-hydrogen) atoms. The van der Waals surface area contributed by atoms with Crippen LogP contribution in [-0.2, 0) is 12.8 Å². The van der Waals surface area contributed by atoms with Crippen molar-refractivity contribution in [1.29, 1.82) is 0 Å². The number of amides is 1. The van der Waals surface area contributed by atoms with Crippen molar-refractivity contribution in [3.8, 4) is 22.6 Å². The van der Waals surface area contributed by atoms with Gasteiger partial charge in [-0.1, -0.05) is 31.2 Å². The number of benzene rings is 2. The zero-order valence-electron chi connectivity index (χ0n) is 19.4. The summed E-state index contributed by atoms with van der Waals surface area (Å²) in [6.45, 7) is 4.19. The normalized spacial score (nSPS) is 11.6. The molecule has 0 fully saturated rings. The zero-order valence-corrected chi connectivity index (χ0v) is 19.4. The van der Waals surface area contributed by atoms with Crippen molar-refractivity contribution in [2.75, 3.05) is 14.2 Å². The molecule has 0 spiro atoms. The van der Waals surface area contributed by atoms with Crippen LogP contribution in [0.2, 0.25) is 0 Å². The highest BCUT2D eigenvalue weighted by Gasteiger charge is 2.11. The Balaban J connectivity index is 1.54. The average molecular weight is 433 g/mol. The Morgan fingerprint density at radius 2 is 1.62 bits per heavy atom. The lowest BCUT2D eigenvalue weighted by molar-refractivity contribution is 0.0938. The number of nitrogens with zero attached hydrogens (tertiary/aromatic N) is 1. The van der Waals surface area contributed by atoms with Gasteiger partial charge in [0.1, 0.15) is 0 Å². The number of carbonyl (C=O) groups is 1. The van der Waals surface area contributed by atoms with Crippen LogP contribution in [0, 0.1) is 0 Å². The summed E-state index contributed by atoms with van der Waals surface area (Å²) in [5.41, 5.74) is 5.19. The Labute approximate surface area is 190 Å². The summed E-state index contributed by atoms with van der Waals surface area (Å²) in [6.07, 6.45) is 7.75. The first-order valence-corrected chi connectivity index (χ1v) is 11.1. The van der Waals surface area contributed by atoms with E-state index < -0.39 is 0 Å². The van der Waals surface area contributed by atoms with E-state index in [1.165, 1.54) is 11.1 Å². The minimum Gasteiger partial charge on any atom is -0.493 e. The summed E-state index contributed by atoms with van der Waals surface area (Å²) >= 11 is 0. The summed E-state index contributed by atoms with van der Waals surface area (Å²) in [5, 5.41) is 3.11. The molecular weight excluding hydrogens is 400 g/mol. The number of hydrogen-bond donors (Lipinski definition) is 1. The van der Waals surface area contributed by atoms with E-state index in [9.17, 15) is 4.79 Å². The number of ether oxygens (including phenoxy) is 2. The van der Waals surface area contributed by atoms with Crippen LogP contribution in [0.3, 0.4) is 0 Å². The second-order valence-electron chi connectivity index (χ2n) is 7.97. The molecule has 0 aliphatic heterocycles. The third-order valence-corrected chi connectivity index (χ3v) is 5.60. The van der Waals surface area contributed by atoms with Gasteiger partial charge in [-0.3, -0.25) is 9.78 Å². The Morgan fingerprint density at radius 1 is 0.938 bits per heavy atom. The molecule has 1 heterocycles. The fourth-order valence-electron chi connectivity index (χ4n) is 3.69. The molecule has 0 aliphatic carbocycles. The van der Waals surface area contributed by atoms with Gasteiger partial charge in [0.2, 0.25) is 0 Å². The summed E-state index contributed by atoms with van der Waals surface area (Å²) < 4.78 is 10.7. The lowest BCUT2D eigenvalue weighted by Crippen LogP contribution is -2.32. The fraction of sp³-hybridized carbons (Fsp3) is 0.333. The number of hydrogen-bond acceptors (Lipinski definition) is 4. The van der Waals surface area contributed by atoms with E-state index in [1.807, 2.05) is 54.9 Å². The van der Waals surface area contributed by atoms with Gasteiger partial charge >= 0.3 is 0 Å². The number of rotatable bonds is 10. The molecule has 1 aromatic heterocycles. The van der Waals surface area contributed by atoms with E-state index in [-0.39, 0.29) is 11.9 Å². The summed E-state index contributed by atoms with van der Waals surface area (Å²) in [5.74, 6) is 1.32. The molecule has 5 heteroatoms. The van der Waals surface area contributed by atoms with Crippen LogP contribution in [0.1, 0.15) is 48.2 Å². The number of nitrogens with one attached hydrogen (secondary N) is 1. The van der Waals surface area contributed by atoms with Crippen molar-refractivity contribution >= 4 is 5.91 Å². The van der Waals surface area contributed by atoms with E-state index in [4.69, 9.17) is 9.47 Å². The quantitative estimate of drug-likeness (QED) is 0.461. The highest BCUT2D eigenvalue weighted by Crippen LogP contribution is 2.32. The van der Waals surface area contributed by atoms with E-state index in [2.05, 4.69) is 30.2 Å². The highest BCUT2D eigenvalue weighted by molar-refractivity contribution is 5.94. The standard InChI is InChI=1S/C27H32N2O3/c1-5-20-15-21(18-28-17-20)8-6-7-19(2)29-27(30)23-11-9-22(10-12-23)24-13-14-25(31-3)26(16-24)32-4/h9-19H,5-8H2,1-4H3,(H,29,30). The Morgan fingerprint density at radius 3 is 2.31 bits per heavy atom. The summed E-state index contributed by atoms with van der Waals surface area (Å²) in [4.78, 5) is 17.0. The van der Waals surface area contributed by atoms with Crippen LogP contribution in [0.25, 0.3) is 11.1 Å². The second-order valence-corrected chi connectivity index (χ2v) is 7.97. The van der Waals surface area contributed by atoms with Gasteiger partial charge in [-0.25, -0.2) is 0 Å². The number of aryl methyl sites for hydroxylation is 2. The second kappa shape index (κ2) is 11.3. The summed E-state index contributed by atoms with van der Waals surface area (Å²) in [7, 11) is 3.24. The van der Waals surface area contributed by atoms with E-state index in [1.54, 1.807) is 14.2 Å². The van der Waals surface area contributed by atoms with Crippen LogP contribution in [0.5, 0.6) is 11.5 Å². The molecule has 0 saturated heterocycles. The topological polar surface area (TPSA) is 60.5 Å². The average Bonchev–Trinajstić information content (AvgIpc) is 2.83. The zero-order chi connectivity index (χ0) is 22.9. The van der Waals surface area contributed by atoms with Gasteiger partial charge in [0.05, 0.1) is 14.2 Å². The molecular formula is C27H32N2O3. The number of pyridine rings is 1. The fourth-order valence-corrected chi connectivity index (χ4v) is 3.69. The maximum atomic E-state index is 12.6. The molecule has 2 aromatic carbocycles. The van der Waals surface area contributed by atoms with Gasteiger partial charge in [-0.15, -0.1) is 0 Å². The van der Waals surface area contributed by atoms with Crippen molar-refractivity contribution in [3.05, 3.63) is 77.6 Å². The SMILES string of the molecule is CCc1cncc(CCCC(C)NC(=O)c2ccc(-c3ccc(OC)c(OC)c3)cc2)c1. The lowest BCUT2D eigenvalue weighted by atomic mass is 10.0. The number of aromatic nitrogens is 1. The van der Waals surface area contributed by atoms with Crippen molar-refractivity contribution in [2.45, 2.75) is 45.6 Å². The number of carbonyl (C=O) groups excluding carboxylic acids is 1. The van der Waals surface area contributed by atoms with Crippen LogP contribution in [0.4, 0.5) is 0 Å². The summed E-state index contributed by atoms with van der Waals surface area (Å²) in [6, 6.07) is 15.7. The third-order valence-electron chi connectivity index (χ3n) is 5.60. The molecule has 168 valence electrons. The van der Waals surface area contributed by atoms with Gasteiger partial charge < -0.3 is 14.8 Å². The smallest absolute Gasteiger partial charge is 0.251 e. The van der Waals surface area contributed by atoms with Crippen molar-refractivity contribution in [2.24, 2.45) is 0 Å². The molecule has 1 N–H and O–H groups in total.